The number of halogens is 1. The highest BCUT2D eigenvalue weighted by atomic mass is 32.1. The molecule has 0 aliphatic rings. The van der Waals surface area contributed by atoms with Gasteiger partial charge in [0.25, 0.3) is 0 Å². The molecule has 1 aromatic heterocycles. The van der Waals surface area contributed by atoms with Crippen molar-refractivity contribution in [2.45, 2.75) is 13.5 Å². The van der Waals surface area contributed by atoms with Crippen molar-refractivity contribution in [3.05, 3.63) is 71.8 Å². The van der Waals surface area contributed by atoms with Crippen LogP contribution in [0.15, 0.2) is 54.9 Å². The zero-order valence-electron chi connectivity index (χ0n) is 13.0. The van der Waals surface area contributed by atoms with Gasteiger partial charge in [-0.3, -0.25) is 5.32 Å². The van der Waals surface area contributed by atoms with Gasteiger partial charge in [-0.2, -0.15) is 0 Å². The molecule has 0 amide bonds. The first kappa shape index (κ1) is 16.1. The molecule has 24 heavy (non-hydrogen) atoms. The van der Waals surface area contributed by atoms with Gasteiger partial charge in [-0.25, -0.2) is 14.1 Å². The van der Waals surface area contributed by atoms with Crippen LogP contribution in [0.4, 0.5) is 16.0 Å². The number of aromatic nitrogens is 3. The Balaban J connectivity index is 1.61. The lowest BCUT2D eigenvalue weighted by Gasteiger charge is -2.08. The maximum absolute atomic E-state index is 13.7. The number of aryl methyl sites for hydroxylation is 1. The fraction of sp³-hybridized carbons (Fsp3) is 0.118. The van der Waals surface area contributed by atoms with Gasteiger partial charge in [0.2, 0.25) is 5.95 Å². The van der Waals surface area contributed by atoms with Gasteiger partial charge in [0.15, 0.2) is 5.11 Å². The predicted molar refractivity (Wildman–Crippen MR) is 96.5 cm³/mol. The van der Waals surface area contributed by atoms with Crippen LogP contribution in [0.1, 0.15) is 11.1 Å². The van der Waals surface area contributed by atoms with Crippen LogP contribution < -0.4 is 10.6 Å². The van der Waals surface area contributed by atoms with Gasteiger partial charge in [0.1, 0.15) is 12.1 Å². The third kappa shape index (κ3) is 4.14. The average molecular weight is 341 g/mol. The molecule has 7 heteroatoms. The van der Waals surface area contributed by atoms with E-state index in [0.717, 1.165) is 11.3 Å². The SMILES string of the molecule is Cc1cccc(NC(=S)Nc2ncn(Cc3ccccc3F)n2)c1. The summed E-state index contributed by atoms with van der Waals surface area (Å²) in [6.45, 7) is 2.31. The Hall–Kier alpha value is -2.80. The Bertz CT molecular complexity index is 861. The van der Waals surface area contributed by atoms with E-state index in [0.29, 0.717) is 23.2 Å². The lowest BCUT2D eigenvalue weighted by atomic mass is 10.2. The summed E-state index contributed by atoms with van der Waals surface area (Å²) >= 11 is 5.25. The van der Waals surface area contributed by atoms with E-state index in [-0.39, 0.29) is 5.82 Å². The minimum Gasteiger partial charge on any atom is -0.332 e. The molecule has 0 radical (unpaired) electrons. The Morgan fingerprint density at radius 2 is 2.00 bits per heavy atom. The second kappa shape index (κ2) is 7.18. The maximum Gasteiger partial charge on any atom is 0.248 e. The molecule has 2 N–H and O–H groups in total. The summed E-state index contributed by atoms with van der Waals surface area (Å²) in [6, 6.07) is 14.4. The van der Waals surface area contributed by atoms with Crippen molar-refractivity contribution in [3.63, 3.8) is 0 Å². The number of thiocarbonyl (C=S) groups is 1. The van der Waals surface area contributed by atoms with Crippen LogP contribution in [-0.2, 0) is 6.54 Å². The molecule has 0 atom stereocenters. The van der Waals surface area contributed by atoms with Crippen LogP contribution in [0.5, 0.6) is 0 Å². The van der Waals surface area contributed by atoms with Gasteiger partial charge in [-0.05, 0) is 42.9 Å². The fourth-order valence-electron chi connectivity index (χ4n) is 2.22. The molecule has 0 bridgehead atoms. The molecule has 3 aromatic rings. The van der Waals surface area contributed by atoms with E-state index in [1.54, 1.807) is 22.9 Å². The number of hydrogen-bond acceptors (Lipinski definition) is 3. The monoisotopic (exact) mass is 341 g/mol. The second-order valence-corrected chi connectivity index (χ2v) is 5.71. The quantitative estimate of drug-likeness (QED) is 0.711. The summed E-state index contributed by atoms with van der Waals surface area (Å²) in [7, 11) is 0. The third-order valence-electron chi connectivity index (χ3n) is 3.33. The molecule has 0 fully saturated rings. The highest BCUT2D eigenvalue weighted by Gasteiger charge is 2.06. The van der Waals surface area contributed by atoms with Crippen LogP contribution in [0.25, 0.3) is 0 Å². The van der Waals surface area contributed by atoms with Crippen LogP contribution >= 0.6 is 12.2 Å². The van der Waals surface area contributed by atoms with Gasteiger partial charge < -0.3 is 5.32 Å². The van der Waals surface area contributed by atoms with E-state index in [1.807, 2.05) is 31.2 Å². The highest BCUT2D eigenvalue weighted by Crippen LogP contribution is 2.11. The molecule has 0 saturated heterocycles. The first-order valence-corrected chi connectivity index (χ1v) is 7.78. The molecule has 2 aromatic carbocycles. The largest absolute Gasteiger partial charge is 0.332 e. The van der Waals surface area contributed by atoms with Gasteiger partial charge in [0, 0.05) is 11.3 Å². The predicted octanol–water partition coefficient (Wildman–Crippen LogP) is 3.58. The van der Waals surface area contributed by atoms with E-state index in [4.69, 9.17) is 12.2 Å². The normalized spacial score (nSPS) is 10.4. The second-order valence-electron chi connectivity index (χ2n) is 5.31. The van der Waals surface area contributed by atoms with Gasteiger partial charge in [0.05, 0.1) is 6.54 Å². The summed E-state index contributed by atoms with van der Waals surface area (Å²) in [5.74, 6) is 0.0932. The highest BCUT2D eigenvalue weighted by molar-refractivity contribution is 7.80. The summed E-state index contributed by atoms with van der Waals surface area (Å²) in [4.78, 5) is 4.13. The first-order chi connectivity index (χ1) is 11.6. The summed E-state index contributed by atoms with van der Waals surface area (Å²) < 4.78 is 15.2. The third-order valence-corrected chi connectivity index (χ3v) is 3.53. The number of anilines is 2. The van der Waals surface area contributed by atoms with E-state index < -0.39 is 0 Å². The van der Waals surface area contributed by atoms with Crippen molar-refractivity contribution in [3.8, 4) is 0 Å². The lowest BCUT2D eigenvalue weighted by molar-refractivity contribution is 0.585. The molecular formula is C17H16FN5S. The van der Waals surface area contributed by atoms with Crippen molar-refractivity contribution in [1.29, 1.82) is 0 Å². The lowest BCUT2D eigenvalue weighted by Crippen LogP contribution is -2.20. The maximum atomic E-state index is 13.7. The summed E-state index contributed by atoms with van der Waals surface area (Å²) in [6.07, 6.45) is 1.53. The van der Waals surface area contributed by atoms with Crippen molar-refractivity contribution in [2.24, 2.45) is 0 Å². The fourth-order valence-corrected chi connectivity index (χ4v) is 2.43. The van der Waals surface area contributed by atoms with Crippen LogP contribution in [0, 0.1) is 12.7 Å². The Labute approximate surface area is 144 Å². The van der Waals surface area contributed by atoms with E-state index >= 15 is 0 Å². The minimum atomic E-state index is -0.265. The Morgan fingerprint density at radius 3 is 2.79 bits per heavy atom. The number of rotatable bonds is 4. The Kier molecular flexibility index (Phi) is 4.81. The molecular weight excluding hydrogens is 325 g/mol. The standard InChI is InChI=1S/C17H16FN5S/c1-12-5-4-7-14(9-12)20-17(24)21-16-19-11-23(22-16)10-13-6-2-3-8-15(13)18/h2-9,11H,10H2,1H3,(H2,20,21,22,24). The van der Waals surface area contributed by atoms with E-state index in [2.05, 4.69) is 20.7 Å². The topological polar surface area (TPSA) is 54.8 Å². The van der Waals surface area contributed by atoms with Crippen molar-refractivity contribution < 1.29 is 4.39 Å². The van der Waals surface area contributed by atoms with Gasteiger partial charge in [-0.1, -0.05) is 30.3 Å². The van der Waals surface area contributed by atoms with Crippen molar-refractivity contribution in [2.75, 3.05) is 10.6 Å². The van der Waals surface area contributed by atoms with Crippen LogP contribution in [0.2, 0.25) is 0 Å². The zero-order valence-corrected chi connectivity index (χ0v) is 13.8. The summed E-state index contributed by atoms with van der Waals surface area (Å²) in [5.41, 5.74) is 2.57. The minimum absolute atomic E-state index is 0.265. The number of nitrogens with one attached hydrogen (secondary N) is 2. The molecule has 0 unspecified atom stereocenters. The number of nitrogens with zero attached hydrogens (tertiary/aromatic N) is 3. The molecule has 0 spiro atoms. The molecule has 1 heterocycles. The zero-order chi connectivity index (χ0) is 16.9. The number of benzene rings is 2. The van der Waals surface area contributed by atoms with Gasteiger partial charge in [-0.15, -0.1) is 5.10 Å². The first-order valence-electron chi connectivity index (χ1n) is 7.38. The van der Waals surface area contributed by atoms with Gasteiger partial charge >= 0.3 is 0 Å². The molecule has 0 aliphatic heterocycles. The smallest absolute Gasteiger partial charge is 0.248 e. The van der Waals surface area contributed by atoms with Crippen LogP contribution in [-0.4, -0.2) is 19.9 Å². The molecule has 5 nitrogen and oxygen atoms in total. The Morgan fingerprint density at radius 1 is 1.17 bits per heavy atom. The van der Waals surface area contributed by atoms with E-state index in [1.165, 1.54) is 12.4 Å². The van der Waals surface area contributed by atoms with Crippen molar-refractivity contribution in [1.82, 2.24) is 14.8 Å². The van der Waals surface area contributed by atoms with E-state index in [9.17, 15) is 4.39 Å². The molecule has 0 aliphatic carbocycles. The summed E-state index contributed by atoms with van der Waals surface area (Å²) in [5, 5.41) is 10.6. The molecule has 0 saturated carbocycles. The number of hydrogen-bond donors (Lipinski definition) is 2. The molecule has 122 valence electrons. The van der Waals surface area contributed by atoms with Crippen LogP contribution in [0.3, 0.4) is 0 Å². The average Bonchev–Trinajstić information content (AvgIpc) is 2.96. The molecule has 3 rings (SSSR count). The van der Waals surface area contributed by atoms with Crippen molar-refractivity contribution >= 4 is 29.0 Å².